The molecule has 9 rings (SSSR count). The molecule has 0 aliphatic carbocycles. The van der Waals surface area contributed by atoms with Crippen molar-refractivity contribution in [3.05, 3.63) is 0 Å². The van der Waals surface area contributed by atoms with Crippen LogP contribution in [0.5, 0.6) is 0 Å². The Morgan fingerprint density at radius 3 is 1.17 bits per heavy atom. The molecule has 32 nitrogen and oxygen atoms in total. The molecular formula is C103H196N6O26. The van der Waals surface area contributed by atoms with E-state index in [1.165, 1.54) is 28.1 Å². The maximum Gasteiger partial charge on any atom is 0.311 e. The number of nitrogens with one attached hydrogen (secondary N) is 3. The summed E-state index contributed by atoms with van der Waals surface area (Å²) in [6.07, 6.45) is -6.74. The minimum Gasteiger partial charge on any atom is -0.459 e. The van der Waals surface area contributed by atoms with Gasteiger partial charge in [0.1, 0.15) is 65.6 Å². The van der Waals surface area contributed by atoms with Gasteiger partial charge in [0.05, 0.1) is 99.9 Å². The lowest BCUT2D eigenvalue weighted by Crippen LogP contribution is -2.59. The van der Waals surface area contributed by atoms with E-state index >= 15 is 0 Å². The van der Waals surface area contributed by atoms with Gasteiger partial charge < -0.3 is 134 Å². The van der Waals surface area contributed by atoms with Crippen molar-refractivity contribution in [2.75, 3.05) is 67.1 Å². The van der Waals surface area contributed by atoms with Crippen molar-refractivity contribution in [3.8, 4) is 0 Å². The Kier molecular flexibility index (Phi) is 48.9. The zero-order chi connectivity index (χ0) is 103. The van der Waals surface area contributed by atoms with Crippen LogP contribution < -0.4 is 16.0 Å². The largest absolute Gasteiger partial charge is 0.459 e. The highest BCUT2D eigenvalue weighted by molar-refractivity contribution is 5.89. The van der Waals surface area contributed by atoms with Crippen LogP contribution in [0.4, 0.5) is 0 Å². The Bertz CT molecular complexity index is 3540. The first kappa shape index (κ1) is 124. The molecule has 9 aliphatic heterocycles. The molecule has 9 saturated heterocycles. The van der Waals surface area contributed by atoms with Gasteiger partial charge in [0.25, 0.3) is 0 Å². The number of nitrogens with zero attached hydrogens (tertiary/aromatic N) is 3. The summed E-state index contributed by atoms with van der Waals surface area (Å²) in [6, 6.07) is -0.332. The molecule has 1 spiro atoms. The summed E-state index contributed by atoms with van der Waals surface area (Å²) in [7, 11) is 5.04. The summed E-state index contributed by atoms with van der Waals surface area (Å²) < 4.78 is 68.4. The molecule has 9 aliphatic rings. The van der Waals surface area contributed by atoms with Crippen molar-refractivity contribution in [1.29, 1.82) is 0 Å². The highest BCUT2D eigenvalue weighted by Gasteiger charge is 2.59. The molecule has 40 atom stereocenters. The Labute approximate surface area is 813 Å². The van der Waals surface area contributed by atoms with E-state index in [2.05, 4.69) is 58.9 Å². The van der Waals surface area contributed by atoms with Gasteiger partial charge in [-0.2, -0.15) is 0 Å². The first-order chi connectivity index (χ1) is 62.8. The fourth-order valence-corrected chi connectivity index (χ4v) is 22.2. The number of aliphatic hydroxyl groups excluding tert-OH is 5. The molecule has 794 valence electrons. The van der Waals surface area contributed by atoms with Gasteiger partial charge in [0, 0.05) is 109 Å². The summed E-state index contributed by atoms with van der Waals surface area (Å²) in [5, 5.41) is 134. The maximum atomic E-state index is 13.9. The smallest absolute Gasteiger partial charge is 0.311 e. The lowest BCUT2D eigenvalue weighted by Gasteiger charge is -2.47. The topological polar surface area (TPSA) is 438 Å². The monoisotopic (exact) mass is 1930 g/mol. The molecule has 32 heteroatoms. The third kappa shape index (κ3) is 30.6. The third-order valence-electron chi connectivity index (χ3n) is 32.5. The number of likely N-dealkylation sites (N-methyl/N-ethyl adjacent to an activating group) is 1. The van der Waals surface area contributed by atoms with Crippen molar-refractivity contribution in [3.63, 3.8) is 0 Å². The lowest BCUT2D eigenvalue weighted by atomic mass is 9.70. The number of fused-ring (bicyclic) bond motifs is 3. The van der Waals surface area contributed by atoms with Crippen LogP contribution in [0.25, 0.3) is 0 Å². The Morgan fingerprint density at radius 2 is 0.815 bits per heavy atom. The van der Waals surface area contributed by atoms with Crippen LogP contribution in [-0.2, 0) is 76.2 Å². The molecule has 2 unspecified atom stereocenters. The van der Waals surface area contributed by atoms with Gasteiger partial charge in [-0.05, 0) is 210 Å². The Hall–Kier alpha value is -3.53. The number of cyclic esters (lactones) is 3. The number of carbonyl (C=O) groups is 3. The predicted octanol–water partition coefficient (Wildman–Crippen LogP) is 12.0. The van der Waals surface area contributed by atoms with Crippen molar-refractivity contribution >= 4 is 29.3 Å². The van der Waals surface area contributed by atoms with Gasteiger partial charge in [0.2, 0.25) is 0 Å². The minimum absolute atomic E-state index is 0.0481. The third-order valence-corrected chi connectivity index (χ3v) is 32.5. The van der Waals surface area contributed by atoms with E-state index in [4.69, 9.17) is 61.8 Å². The fourth-order valence-electron chi connectivity index (χ4n) is 22.2. The van der Waals surface area contributed by atoms with Gasteiger partial charge in [-0.15, -0.1) is 0 Å². The lowest BCUT2D eigenvalue weighted by molar-refractivity contribution is -0.307. The van der Waals surface area contributed by atoms with Crippen LogP contribution >= 0.6 is 0 Å². The van der Waals surface area contributed by atoms with E-state index in [1.54, 1.807) is 90.0 Å². The summed E-state index contributed by atoms with van der Waals surface area (Å²) in [6.45, 7) is 69.2. The fraction of sp³-hybridized carbons (Fsp3) is 0.951. The summed E-state index contributed by atoms with van der Waals surface area (Å²) in [4.78, 5) is 55.3. The number of ether oxygens (including phenoxy) is 11. The zero-order valence-corrected chi connectivity index (χ0v) is 90.5. The van der Waals surface area contributed by atoms with Gasteiger partial charge in [-0.25, -0.2) is 0 Å². The molecule has 0 saturated carbocycles. The van der Waals surface area contributed by atoms with Crippen LogP contribution in [0.15, 0.2) is 10.3 Å². The van der Waals surface area contributed by atoms with Gasteiger partial charge >= 0.3 is 17.9 Å². The molecule has 0 aromatic rings. The Morgan fingerprint density at radius 1 is 0.444 bits per heavy atom. The second kappa shape index (κ2) is 53.3. The minimum atomic E-state index is -1.84. The summed E-state index contributed by atoms with van der Waals surface area (Å²) in [5.74, 6) is -7.70. The molecule has 0 amide bonds. The second-order valence-corrected chi connectivity index (χ2v) is 42.9. The highest BCUT2D eigenvalue weighted by Crippen LogP contribution is 2.50. The number of hydrogen-bond donors (Lipinski definition) is 13. The van der Waals surface area contributed by atoms with E-state index < -0.39 is 184 Å². The van der Waals surface area contributed by atoms with Crippen LogP contribution in [0, 0.1) is 82.9 Å². The van der Waals surface area contributed by atoms with Crippen LogP contribution in [-0.4, -0.2) is 313 Å². The number of hydrogen-bond acceptors (Lipinski definition) is 32. The first-order valence-electron chi connectivity index (χ1n) is 51.8. The molecular weight excluding hydrogens is 1740 g/mol. The molecule has 0 aromatic heterocycles. The number of methoxy groups -OCH3 is 2. The van der Waals surface area contributed by atoms with E-state index in [-0.39, 0.29) is 116 Å². The molecule has 9 fully saturated rings. The van der Waals surface area contributed by atoms with Gasteiger partial charge in [0.15, 0.2) is 18.4 Å². The Balaban J connectivity index is 0.000000415. The standard InChI is InChI=1S/C35H64N2O10.C34H62N2O10.C28H52N2O6.3C2H6/c1-12-26-35(10,42)30(38)21(4)28(37-47-25-14-13-15-36-18-25)19(2)16-33(8,41)23(6)20(3)29(22(5)32(40)45-26)46-27-17-34(9,43-11)31(39)24(7)44-27;1-12-25-34(10,41)29(37)20(4)27(36-46-24-13-14-35-17-24)18(2)15-32(8,40)22(6)19(3)28(21(5)31(39)44-25)45-26-16-33(9,42-11)30(38)23(7)43-26;1-10-22-27(8,33)24(31)21(6)30(9)16-17(2)15-26(7)20(5)18(3)23(19(4)25(32)34-22)35-28(36-26)11-13-29-14-12-28;3*1-2/h19-27,29-31,36,38-39,41-42H,12-18H2,1-11H3;18-26,28-30,35,37-38,40-41H,12-17H2,1-11H3;17-24,29,31,33H,10-16H2,1-9H3;3*1-2H3/t19-,20-,21+,22-,23-,24+,25?,26-,27+,29+,30+,31+,33-,34-,35-;18-,19-,20+,21-,22-,23+,24?,25-,26+,28+,29+,30+,32-,33-,34-;17-,18-,19-,20-,21-,22-,23+,24-,26+,27-;;;/m111.../s1. The molecule has 13 N–H and O–H groups in total. The number of esters is 3. The summed E-state index contributed by atoms with van der Waals surface area (Å²) >= 11 is 0. The molecule has 2 bridgehead atoms. The van der Waals surface area contributed by atoms with Crippen molar-refractivity contribution in [1.82, 2.24) is 20.9 Å². The number of carbonyl (C=O) groups excluding carboxylic acids is 3. The summed E-state index contributed by atoms with van der Waals surface area (Å²) in [5.41, 5.74) is -9.08. The number of piperidine rings is 2. The molecule has 0 aromatic carbocycles. The van der Waals surface area contributed by atoms with Gasteiger partial charge in [-0.1, -0.05) is 149 Å². The first-order valence-corrected chi connectivity index (χ1v) is 51.8. The number of rotatable bonds is 13. The number of aliphatic hydroxyl groups is 10. The average Bonchev–Trinajstić information content (AvgIpc) is 1.27. The number of oxime groups is 2. The van der Waals surface area contributed by atoms with Crippen molar-refractivity contribution in [2.24, 2.45) is 93.2 Å². The van der Waals surface area contributed by atoms with Crippen molar-refractivity contribution < 1.29 is 127 Å². The van der Waals surface area contributed by atoms with Crippen molar-refractivity contribution in [2.45, 2.75) is 480 Å². The van der Waals surface area contributed by atoms with E-state index in [9.17, 15) is 65.4 Å². The van der Waals surface area contributed by atoms with Crippen LogP contribution in [0.1, 0.15) is 319 Å². The average molecular weight is 1930 g/mol. The molecule has 135 heavy (non-hydrogen) atoms. The molecule has 9 heterocycles. The molecule has 0 radical (unpaired) electrons. The predicted molar refractivity (Wildman–Crippen MR) is 524 cm³/mol. The maximum absolute atomic E-state index is 13.9. The highest BCUT2D eigenvalue weighted by atomic mass is 16.7. The second-order valence-electron chi connectivity index (χ2n) is 42.9. The quantitative estimate of drug-likeness (QED) is 0.0463. The van der Waals surface area contributed by atoms with E-state index in [0.29, 0.717) is 30.9 Å². The van der Waals surface area contributed by atoms with Crippen LogP contribution in [0.3, 0.4) is 0 Å². The SMILES string of the molecule is CC.CC.CC.CC[C@H]1OC(=O)[C@H](C)[C@@H](O[C@H]2C[C@@](C)(OC)[C@@H](O)[C@H](C)O2)[C@H](C)[C@@H](C)[C@](C)(O)C[C@@H](C)C(=NOC2CCCNC2)[C@H](C)[C@H](O)[C@]1(C)O.CC[C@H]1OC(=O)[C@H](C)[C@@H](O[C@H]2C[C@@](C)(OC)[C@@H](O)[C@H](C)O2)[C@H](C)[C@@H](C)[C@](C)(O)C[C@@H](C)C(=NOC2CCNC2)[C@H](C)[C@H](O)[C@]1(C)O.CC[C@H]1OC(=O)[C@H](C)[C@H]2OC3(CCNCC3)O[C@@](C)(C[C@@H](C)CN(C)[C@H](C)[C@@H](O)[C@]1(C)O)[C@H](C)[C@H]2C. The van der Waals surface area contributed by atoms with Gasteiger partial charge in [-0.3, -0.25) is 14.4 Å². The zero-order valence-electron chi connectivity index (χ0n) is 90.5. The van der Waals surface area contributed by atoms with Crippen LogP contribution in [0.2, 0.25) is 0 Å². The van der Waals surface area contributed by atoms with E-state index in [1.807, 2.05) is 111 Å². The van der Waals surface area contributed by atoms with E-state index in [0.717, 1.165) is 71.2 Å². The normalized spacial score (nSPS) is 46.6.